The van der Waals surface area contributed by atoms with Gasteiger partial charge in [-0.05, 0) is 32.6 Å². The van der Waals surface area contributed by atoms with Crippen molar-refractivity contribution < 1.29 is 9.53 Å². The van der Waals surface area contributed by atoms with Crippen LogP contribution in [0.5, 0.6) is 0 Å². The summed E-state index contributed by atoms with van der Waals surface area (Å²) in [4.78, 5) is 17.2. The van der Waals surface area contributed by atoms with E-state index in [1.54, 1.807) is 6.20 Å². The van der Waals surface area contributed by atoms with Gasteiger partial charge in [-0.15, -0.1) is 0 Å². The van der Waals surface area contributed by atoms with Crippen molar-refractivity contribution in [1.29, 1.82) is 0 Å². The van der Waals surface area contributed by atoms with E-state index in [0.717, 1.165) is 67.9 Å². The third kappa shape index (κ3) is 2.86. The number of fused-ring (bicyclic) bond motifs is 1. The predicted octanol–water partition coefficient (Wildman–Crippen LogP) is 2.41. The number of nitrogens with one attached hydrogen (secondary N) is 1. The number of hydrogen-bond donors (Lipinski definition) is 2. The summed E-state index contributed by atoms with van der Waals surface area (Å²) in [7, 11) is 0. The van der Waals surface area contributed by atoms with Gasteiger partial charge in [-0.2, -0.15) is 5.10 Å². The summed E-state index contributed by atoms with van der Waals surface area (Å²) >= 11 is 0. The van der Waals surface area contributed by atoms with E-state index >= 15 is 0 Å². The number of nitrogens with zero attached hydrogens (tertiary/aromatic N) is 3. The highest BCUT2D eigenvalue weighted by molar-refractivity contribution is 6.07. The van der Waals surface area contributed by atoms with Crippen molar-refractivity contribution in [2.75, 3.05) is 18.5 Å². The molecule has 1 aliphatic carbocycles. The van der Waals surface area contributed by atoms with Gasteiger partial charge in [0.05, 0.1) is 28.5 Å². The normalized spacial score (nSPS) is 19.1. The van der Waals surface area contributed by atoms with Crippen LogP contribution in [0, 0.1) is 0 Å². The van der Waals surface area contributed by atoms with E-state index in [1.165, 1.54) is 6.42 Å². The fourth-order valence-electron chi connectivity index (χ4n) is 3.76. The molecule has 0 bridgehead atoms. The van der Waals surface area contributed by atoms with Crippen LogP contribution < -0.4 is 11.1 Å². The van der Waals surface area contributed by atoms with E-state index in [-0.39, 0.29) is 6.04 Å². The van der Waals surface area contributed by atoms with Crippen LogP contribution in [0.2, 0.25) is 0 Å². The lowest BCUT2D eigenvalue weighted by molar-refractivity contribution is 0.0904. The van der Waals surface area contributed by atoms with Gasteiger partial charge >= 0.3 is 0 Å². The third-order valence-corrected chi connectivity index (χ3v) is 5.42. The van der Waals surface area contributed by atoms with Crippen molar-refractivity contribution in [3.63, 3.8) is 0 Å². The summed E-state index contributed by atoms with van der Waals surface area (Å²) in [6, 6.07) is 0.275. The Bertz CT molecular complexity index is 790. The van der Waals surface area contributed by atoms with E-state index < -0.39 is 5.91 Å². The van der Waals surface area contributed by atoms with Crippen LogP contribution in [0.3, 0.4) is 0 Å². The molecule has 2 fully saturated rings. The monoisotopic (exact) mass is 343 g/mol. The van der Waals surface area contributed by atoms with Crippen molar-refractivity contribution in [1.82, 2.24) is 14.8 Å². The number of primary amides is 1. The quantitative estimate of drug-likeness (QED) is 0.869. The molecule has 0 spiro atoms. The second-order valence-electron chi connectivity index (χ2n) is 6.97. The number of amides is 1. The molecule has 3 N–H and O–H groups in total. The standard InChI is InChI=1S/C18H25N5O2/c1-2-23-18-13(10-20-23)16(21-12-6-8-25-9-7-12)14(17(19)24)15(22-18)11-4-3-5-11/h10-12H,2-9H2,1H3,(H2,19,24)(H,21,22). The van der Waals surface area contributed by atoms with Crippen LogP contribution >= 0.6 is 0 Å². The van der Waals surface area contributed by atoms with Gasteiger partial charge in [0.15, 0.2) is 5.65 Å². The van der Waals surface area contributed by atoms with Gasteiger partial charge in [0.25, 0.3) is 5.91 Å². The number of carbonyl (C=O) groups excluding carboxylic acids is 1. The minimum atomic E-state index is -0.407. The number of carbonyl (C=O) groups is 1. The maximum absolute atomic E-state index is 12.3. The van der Waals surface area contributed by atoms with Crippen LogP contribution in [0.4, 0.5) is 5.69 Å². The first-order valence-corrected chi connectivity index (χ1v) is 9.22. The van der Waals surface area contributed by atoms with Gasteiger partial charge in [0, 0.05) is 31.7 Å². The number of pyridine rings is 1. The lowest BCUT2D eigenvalue weighted by Crippen LogP contribution is -2.30. The first kappa shape index (κ1) is 16.3. The first-order chi connectivity index (χ1) is 12.2. The highest BCUT2D eigenvalue weighted by atomic mass is 16.5. The zero-order valence-electron chi connectivity index (χ0n) is 14.6. The van der Waals surface area contributed by atoms with Gasteiger partial charge in [-0.25, -0.2) is 9.67 Å². The summed E-state index contributed by atoms with van der Waals surface area (Å²) in [5, 5.41) is 8.91. The SMILES string of the molecule is CCn1ncc2c(NC3CCOCC3)c(C(N)=O)c(C3CCC3)nc21. The van der Waals surface area contributed by atoms with Crippen LogP contribution in [-0.4, -0.2) is 39.9 Å². The van der Waals surface area contributed by atoms with Gasteiger partial charge < -0.3 is 15.8 Å². The maximum atomic E-state index is 12.3. The fraction of sp³-hybridized carbons (Fsp3) is 0.611. The molecule has 1 amide bonds. The van der Waals surface area contributed by atoms with E-state index in [9.17, 15) is 4.79 Å². The van der Waals surface area contributed by atoms with Crippen molar-refractivity contribution in [3.05, 3.63) is 17.5 Å². The van der Waals surface area contributed by atoms with Crippen LogP contribution in [0.15, 0.2) is 6.20 Å². The number of aromatic nitrogens is 3. The molecule has 2 aromatic heterocycles. The Labute approximate surface area is 146 Å². The molecular weight excluding hydrogens is 318 g/mol. The number of anilines is 1. The van der Waals surface area contributed by atoms with Crippen LogP contribution in [-0.2, 0) is 11.3 Å². The number of rotatable bonds is 5. The second kappa shape index (κ2) is 6.63. The van der Waals surface area contributed by atoms with E-state index in [1.807, 2.05) is 11.6 Å². The molecule has 0 unspecified atom stereocenters. The van der Waals surface area contributed by atoms with Crippen LogP contribution in [0.1, 0.15) is 61.0 Å². The Balaban J connectivity index is 1.87. The Kier molecular flexibility index (Phi) is 4.33. The topological polar surface area (TPSA) is 95.1 Å². The summed E-state index contributed by atoms with van der Waals surface area (Å²) in [5.74, 6) is -0.0857. The molecule has 0 radical (unpaired) electrons. The highest BCUT2D eigenvalue weighted by Gasteiger charge is 2.30. The fourth-order valence-corrected chi connectivity index (χ4v) is 3.76. The molecule has 0 aromatic carbocycles. The first-order valence-electron chi connectivity index (χ1n) is 9.22. The predicted molar refractivity (Wildman–Crippen MR) is 95.8 cm³/mol. The van der Waals surface area contributed by atoms with Crippen molar-refractivity contribution in [3.8, 4) is 0 Å². The molecule has 2 aromatic rings. The molecule has 1 saturated heterocycles. The Morgan fingerprint density at radius 1 is 1.36 bits per heavy atom. The average molecular weight is 343 g/mol. The number of nitrogens with two attached hydrogens (primary N) is 1. The zero-order chi connectivity index (χ0) is 17.4. The maximum Gasteiger partial charge on any atom is 0.252 e. The van der Waals surface area contributed by atoms with E-state index in [0.29, 0.717) is 11.5 Å². The Morgan fingerprint density at radius 3 is 2.72 bits per heavy atom. The molecule has 25 heavy (non-hydrogen) atoms. The molecule has 7 heteroatoms. The van der Waals surface area contributed by atoms with Crippen LogP contribution in [0.25, 0.3) is 11.0 Å². The van der Waals surface area contributed by atoms with E-state index in [4.69, 9.17) is 15.5 Å². The molecule has 0 atom stereocenters. The molecule has 1 aliphatic heterocycles. The van der Waals surface area contributed by atoms with Gasteiger partial charge in [0.1, 0.15) is 0 Å². The zero-order valence-corrected chi connectivity index (χ0v) is 14.6. The molecule has 134 valence electrons. The summed E-state index contributed by atoms with van der Waals surface area (Å²) in [5.41, 5.74) is 8.84. The lowest BCUT2D eigenvalue weighted by atomic mass is 9.80. The Morgan fingerprint density at radius 2 is 2.12 bits per heavy atom. The molecule has 7 nitrogen and oxygen atoms in total. The van der Waals surface area contributed by atoms with Crippen molar-refractivity contribution in [2.24, 2.45) is 5.73 Å². The molecule has 3 heterocycles. The van der Waals surface area contributed by atoms with E-state index in [2.05, 4.69) is 10.4 Å². The van der Waals surface area contributed by atoms with Crippen molar-refractivity contribution in [2.45, 2.75) is 57.5 Å². The van der Waals surface area contributed by atoms with Gasteiger partial charge in [0.2, 0.25) is 0 Å². The summed E-state index contributed by atoms with van der Waals surface area (Å²) < 4.78 is 7.34. The number of ether oxygens (including phenoxy) is 1. The summed E-state index contributed by atoms with van der Waals surface area (Å²) in [6.07, 6.45) is 6.94. The van der Waals surface area contributed by atoms with Gasteiger partial charge in [-0.1, -0.05) is 6.42 Å². The largest absolute Gasteiger partial charge is 0.381 e. The second-order valence-corrected chi connectivity index (χ2v) is 6.97. The minimum Gasteiger partial charge on any atom is -0.381 e. The average Bonchev–Trinajstić information content (AvgIpc) is 2.97. The Hall–Kier alpha value is -2.15. The number of hydrogen-bond acceptors (Lipinski definition) is 5. The third-order valence-electron chi connectivity index (χ3n) is 5.42. The lowest BCUT2D eigenvalue weighted by Gasteiger charge is -2.29. The molecule has 1 saturated carbocycles. The number of aryl methyl sites for hydroxylation is 1. The smallest absolute Gasteiger partial charge is 0.252 e. The summed E-state index contributed by atoms with van der Waals surface area (Å²) in [6.45, 7) is 4.26. The van der Waals surface area contributed by atoms with Gasteiger partial charge in [-0.3, -0.25) is 4.79 Å². The van der Waals surface area contributed by atoms with Crippen molar-refractivity contribution >= 4 is 22.6 Å². The highest BCUT2D eigenvalue weighted by Crippen LogP contribution is 2.41. The molecule has 4 rings (SSSR count). The minimum absolute atomic E-state index is 0.275. The molecular formula is C18H25N5O2. The molecule has 2 aliphatic rings.